The van der Waals surface area contributed by atoms with Crippen molar-refractivity contribution < 1.29 is 9.90 Å². The molecular formula is C11H15BrN4O3. The van der Waals surface area contributed by atoms with Crippen molar-refractivity contribution in [3.8, 4) is 0 Å². The number of nitrogens with one attached hydrogen (secondary N) is 2. The number of hydrogen-bond acceptors (Lipinski definition) is 5. The molecule has 2 heterocycles. The lowest BCUT2D eigenvalue weighted by atomic mass is 10.2. The van der Waals surface area contributed by atoms with Crippen LogP contribution in [0.25, 0.3) is 0 Å². The summed E-state index contributed by atoms with van der Waals surface area (Å²) in [5.74, 6) is 0.0577. The summed E-state index contributed by atoms with van der Waals surface area (Å²) in [6.07, 6.45) is 2.86. The molecule has 0 radical (unpaired) electrons. The van der Waals surface area contributed by atoms with Gasteiger partial charge in [-0.15, -0.1) is 0 Å². The minimum atomic E-state index is -0.297. The van der Waals surface area contributed by atoms with E-state index in [1.165, 1.54) is 10.9 Å². The lowest BCUT2D eigenvalue weighted by Gasteiger charge is -2.13. The fraction of sp³-hybridized carbons (Fsp3) is 0.545. The van der Waals surface area contributed by atoms with Crippen molar-refractivity contribution in [2.45, 2.75) is 25.4 Å². The Labute approximate surface area is 118 Å². The maximum Gasteiger partial charge on any atom is 0.283 e. The lowest BCUT2D eigenvalue weighted by Crippen LogP contribution is -2.33. The average Bonchev–Trinajstić information content (AvgIpc) is 2.80. The van der Waals surface area contributed by atoms with Crippen LogP contribution in [0, 0.1) is 0 Å². The van der Waals surface area contributed by atoms with E-state index in [9.17, 15) is 9.59 Å². The average molecular weight is 331 g/mol. The molecule has 19 heavy (non-hydrogen) atoms. The van der Waals surface area contributed by atoms with E-state index in [-0.39, 0.29) is 30.7 Å². The van der Waals surface area contributed by atoms with Crippen LogP contribution in [0.2, 0.25) is 0 Å². The van der Waals surface area contributed by atoms with Crippen LogP contribution in [0.1, 0.15) is 12.8 Å². The molecule has 1 aliphatic rings. The molecule has 1 fully saturated rings. The summed E-state index contributed by atoms with van der Waals surface area (Å²) < 4.78 is 1.56. The van der Waals surface area contributed by atoms with Gasteiger partial charge in [-0.25, -0.2) is 4.68 Å². The summed E-state index contributed by atoms with van der Waals surface area (Å²) in [4.78, 5) is 22.9. The molecule has 3 N–H and O–H groups in total. The number of anilines is 1. The minimum absolute atomic E-state index is 0.0577. The van der Waals surface area contributed by atoms with E-state index in [0.29, 0.717) is 23.1 Å². The van der Waals surface area contributed by atoms with Crippen LogP contribution >= 0.6 is 15.9 Å². The van der Waals surface area contributed by atoms with Crippen LogP contribution in [0.5, 0.6) is 0 Å². The molecule has 0 bridgehead atoms. The standard InChI is InChI=1S/C11H15BrN4O3/c12-10-8(6-14-16(3-4-17)11(10)19)13-5-7-1-2-9(18)15-7/h6-7,13,17H,1-5H2,(H,15,18). The zero-order valence-electron chi connectivity index (χ0n) is 10.2. The van der Waals surface area contributed by atoms with Crippen molar-refractivity contribution in [3.63, 3.8) is 0 Å². The summed E-state index contributed by atoms with van der Waals surface area (Å²) in [6, 6.07) is 0.0827. The van der Waals surface area contributed by atoms with Gasteiger partial charge in [0.1, 0.15) is 4.47 Å². The Balaban J connectivity index is 2.03. The largest absolute Gasteiger partial charge is 0.394 e. The van der Waals surface area contributed by atoms with Gasteiger partial charge in [0, 0.05) is 19.0 Å². The monoisotopic (exact) mass is 330 g/mol. The number of carbonyl (C=O) groups excluding carboxylic acids is 1. The van der Waals surface area contributed by atoms with E-state index in [1.807, 2.05) is 0 Å². The van der Waals surface area contributed by atoms with E-state index >= 15 is 0 Å². The number of hydrogen-bond donors (Lipinski definition) is 3. The van der Waals surface area contributed by atoms with E-state index in [2.05, 4.69) is 31.7 Å². The van der Waals surface area contributed by atoms with Crippen molar-refractivity contribution >= 4 is 27.5 Å². The molecule has 1 saturated heterocycles. The first-order chi connectivity index (χ1) is 9.11. The number of aromatic nitrogens is 2. The number of rotatable bonds is 5. The van der Waals surface area contributed by atoms with E-state index in [4.69, 9.17) is 5.11 Å². The predicted molar refractivity (Wildman–Crippen MR) is 72.9 cm³/mol. The van der Waals surface area contributed by atoms with Gasteiger partial charge in [-0.05, 0) is 22.4 Å². The molecule has 1 unspecified atom stereocenters. The van der Waals surface area contributed by atoms with Crippen molar-refractivity contribution in [1.29, 1.82) is 0 Å². The van der Waals surface area contributed by atoms with Crippen molar-refractivity contribution in [1.82, 2.24) is 15.1 Å². The van der Waals surface area contributed by atoms with Crippen molar-refractivity contribution in [2.75, 3.05) is 18.5 Å². The molecule has 1 atom stereocenters. The molecule has 0 aliphatic carbocycles. The molecule has 0 spiro atoms. The number of carbonyl (C=O) groups is 1. The normalized spacial score (nSPS) is 18.4. The van der Waals surface area contributed by atoms with Gasteiger partial charge in [0.25, 0.3) is 5.56 Å². The van der Waals surface area contributed by atoms with Crippen LogP contribution in [0.15, 0.2) is 15.5 Å². The van der Waals surface area contributed by atoms with Gasteiger partial charge in [-0.2, -0.15) is 5.10 Å². The zero-order valence-corrected chi connectivity index (χ0v) is 11.8. The van der Waals surface area contributed by atoms with Crippen LogP contribution < -0.4 is 16.2 Å². The highest BCUT2D eigenvalue weighted by atomic mass is 79.9. The summed E-state index contributed by atoms with van der Waals surface area (Å²) in [6.45, 7) is 0.575. The Hall–Kier alpha value is -1.41. The van der Waals surface area contributed by atoms with Gasteiger partial charge in [0.2, 0.25) is 5.91 Å². The number of nitrogens with zero attached hydrogens (tertiary/aromatic N) is 2. The number of aliphatic hydroxyl groups excluding tert-OH is 1. The molecule has 0 saturated carbocycles. The molecule has 2 rings (SSSR count). The first-order valence-electron chi connectivity index (χ1n) is 6.01. The molecular weight excluding hydrogens is 316 g/mol. The Morgan fingerprint density at radius 2 is 2.37 bits per heavy atom. The van der Waals surface area contributed by atoms with Crippen LogP contribution in [0.4, 0.5) is 5.69 Å². The quantitative estimate of drug-likeness (QED) is 0.688. The van der Waals surface area contributed by atoms with Crippen LogP contribution in [0.3, 0.4) is 0 Å². The van der Waals surface area contributed by atoms with Gasteiger partial charge in [0.05, 0.1) is 25.0 Å². The maximum atomic E-state index is 11.9. The molecule has 7 nitrogen and oxygen atoms in total. The summed E-state index contributed by atoms with van der Waals surface area (Å²) in [5.41, 5.74) is 0.287. The maximum absolute atomic E-state index is 11.9. The second-order valence-corrected chi connectivity index (χ2v) is 5.10. The molecule has 1 aromatic rings. The van der Waals surface area contributed by atoms with E-state index < -0.39 is 0 Å². The Kier molecular flexibility index (Phi) is 4.54. The Morgan fingerprint density at radius 1 is 1.58 bits per heavy atom. The van der Waals surface area contributed by atoms with Gasteiger partial charge in [-0.3, -0.25) is 9.59 Å². The fourth-order valence-corrected chi connectivity index (χ4v) is 2.35. The van der Waals surface area contributed by atoms with Gasteiger partial charge < -0.3 is 15.7 Å². The third-order valence-electron chi connectivity index (χ3n) is 2.92. The summed E-state index contributed by atoms with van der Waals surface area (Å²) in [5, 5.41) is 18.7. The lowest BCUT2D eigenvalue weighted by molar-refractivity contribution is -0.119. The smallest absolute Gasteiger partial charge is 0.283 e. The third-order valence-corrected chi connectivity index (χ3v) is 3.69. The summed E-state index contributed by atoms with van der Waals surface area (Å²) in [7, 11) is 0. The second kappa shape index (κ2) is 6.16. The predicted octanol–water partition coefficient (Wildman–Crippen LogP) is -0.311. The highest BCUT2D eigenvalue weighted by Gasteiger charge is 2.20. The highest BCUT2D eigenvalue weighted by molar-refractivity contribution is 9.10. The third kappa shape index (κ3) is 3.32. The molecule has 1 aliphatic heterocycles. The van der Waals surface area contributed by atoms with Crippen molar-refractivity contribution in [2.24, 2.45) is 0 Å². The zero-order chi connectivity index (χ0) is 13.8. The first-order valence-corrected chi connectivity index (χ1v) is 6.81. The van der Waals surface area contributed by atoms with Crippen LogP contribution in [-0.2, 0) is 11.3 Å². The first kappa shape index (κ1) is 14.0. The Bertz CT molecular complexity index is 531. The fourth-order valence-electron chi connectivity index (χ4n) is 1.91. The summed E-state index contributed by atoms with van der Waals surface area (Å²) >= 11 is 3.22. The Morgan fingerprint density at radius 3 is 3.00 bits per heavy atom. The van der Waals surface area contributed by atoms with Gasteiger partial charge >= 0.3 is 0 Å². The highest BCUT2D eigenvalue weighted by Crippen LogP contribution is 2.17. The van der Waals surface area contributed by atoms with Crippen LogP contribution in [-0.4, -0.2) is 40.0 Å². The minimum Gasteiger partial charge on any atom is -0.394 e. The van der Waals surface area contributed by atoms with E-state index in [0.717, 1.165) is 6.42 Å². The molecule has 1 amide bonds. The number of amides is 1. The number of halogens is 1. The number of aliphatic hydroxyl groups is 1. The van der Waals surface area contributed by atoms with E-state index in [1.54, 1.807) is 0 Å². The topological polar surface area (TPSA) is 96.2 Å². The molecule has 1 aromatic heterocycles. The molecule has 104 valence electrons. The molecule has 0 aromatic carbocycles. The van der Waals surface area contributed by atoms with Gasteiger partial charge in [0.15, 0.2) is 0 Å². The van der Waals surface area contributed by atoms with Gasteiger partial charge in [-0.1, -0.05) is 0 Å². The second-order valence-electron chi connectivity index (χ2n) is 4.31. The molecule has 8 heteroatoms. The SMILES string of the molecule is O=C1CCC(CNc2cnn(CCO)c(=O)c2Br)N1. The van der Waals surface area contributed by atoms with Crippen molar-refractivity contribution in [3.05, 3.63) is 21.0 Å².